The largest absolute Gasteiger partial charge is 0.341 e. The van der Waals surface area contributed by atoms with Crippen molar-refractivity contribution in [3.8, 4) is 0 Å². The fourth-order valence-corrected chi connectivity index (χ4v) is 5.27. The first-order valence-electron chi connectivity index (χ1n) is 11.0. The van der Waals surface area contributed by atoms with Gasteiger partial charge in [0.2, 0.25) is 5.91 Å². The molecule has 1 aromatic carbocycles. The minimum Gasteiger partial charge on any atom is -0.341 e. The Morgan fingerprint density at radius 1 is 1.14 bits per heavy atom. The number of hydrogen-bond donors (Lipinski definition) is 0. The zero-order valence-electron chi connectivity index (χ0n) is 17.8. The number of fused-ring (bicyclic) bond motifs is 1. The maximum atomic E-state index is 13.0. The number of carbonyl (C=O) groups is 1. The highest BCUT2D eigenvalue weighted by Crippen LogP contribution is 2.29. The molecule has 0 spiro atoms. The lowest BCUT2D eigenvalue weighted by molar-refractivity contribution is -0.133. The van der Waals surface area contributed by atoms with Gasteiger partial charge in [0.25, 0.3) is 5.56 Å². The molecule has 2 aromatic rings. The first-order valence-corrected chi connectivity index (χ1v) is 11.0. The van der Waals surface area contributed by atoms with Gasteiger partial charge in [-0.1, -0.05) is 12.1 Å². The van der Waals surface area contributed by atoms with Crippen LogP contribution in [0.2, 0.25) is 0 Å². The van der Waals surface area contributed by atoms with E-state index >= 15 is 0 Å². The van der Waals surface area contributed by atoms with E-state index in [4.69, 9.17) is 0 Å². The van der Waals surface area contributed by atoms with Gasteiger partial charge in [-0.05, 0) is 58.6 Å². The number of carbonyl (C=O) groups excluding carboxylic acids is 1. The second-order valence-electron chi connectivity index (χ2n) is 8.74. The van der Waals surface area contributed by atoms with Crippen molar-refractivity contribution in [2.24, 2.45) is 0 Å². The number of benzene rings is 1. The predicted octanol–water partition coefficient (Wildman–Crippen LogP) is 2.96. The lowest BCUT2D eigenvalue weighted by Crippen LogP contribution is -2.52. The molecule has 2 fully saturated rings. The Labute approximate surface area is 172 Å². The molecule has 2 aliphatic heterocycles. The Hall–Kier alpha value is -2.21. The van der Waals surface area contributed by atoms with Gasteiger partial charge in [-0.15, -0.1) is 0 Å². The van der Waals surface area contributed by atoms with Gasteiger partial charge in [0.1, 0.15) is 5.82 Å². The lowest BCUT2D eigenvalue weighted by Gasteiger charge is -2.41. The van der Waals surface area contributed by atoms with Gasteiger partial charge in [0.05, 0.1) is 10.9 Å². The molecular weight excluding hydrogens is 364 g/mol. The number of aromatic nitrogens is 2. The highest BCUT2D eigenvalue weighted by molar-refractivity contribution is 5.78. The SMILES string of the molecule is Cc1nc2ccccc2c(=O)n1CCC(=O)N1CCC[C@H](N2[C@@H](C)CC[C@@H]2C)C1. The zero-order valence-corrected chi connectivity index (χ0v) is 17.8. The minimum atomic E-state index is -0.0582. The predicted molar refractivity (Wildman–Crippen MR) is 115 cm³/mol. The molecule has 4 rings (SSSR count). The van der Waals surface area contributed by atoms with Gasteiger partial charge in [0, 0.05) is 44.2 Å². The van der Waals surface area contributed by atoms with E-state index < -0.39 is 0 Å². The zero-order chi connectivity index (χ0) is 20.5. The van der Waals surface area contributed by atoms with Crippen LogP contribution in [0.25, 0.3) is 10.9 Å². The Morgan fingerprint density at radius 3 is 2.62 bits per heavy atom. The summed E-state index contributed by atoms with van der Waals surface area (Å²) in [6.07, 6.45) is 5.08. The van der Waals surface area contributed by atoms with Crippen LogP contribution in [-0.2, 0) is 11.3 Å². The summed E-state index contributed by atoms with van der Waals surface area (Å²) in [7, 11) is 0. The summed E-state index contributed by atoms with van der Waals surface area (Å²) >= 11 is 0. The molecule has 3 heterocycles. The topological polar surface area (TPSA) is 58.4 Å². The molecule has 3 atom stereocenters. The van der Waals surface area contributed by atoms with Crippen molar-refractivity contribution in [2.75, 3.05) is 13.1 Å². The van der Waals surface area contributed by atoms with Crippen LogP contribution in [0.5, 0.6) is 0 Å². The maximum Gasteiger partial charge on any atom is 0.261 e. The van der Waals surface area contributed by atoms with E-state index in [9.17, 15) is 9.59 Å². The van der Waals surface area contributed by atoms with Gasteiger partial charge in [0.15, 0.2) is 0 Å². The summed E-state index contributed by atoms with van der Waals surface area (Å²) in [4.78, 5) is 35.0. The van der Waals surface area contributed by atoms with E-state index in [1.54, 1.807) is 10.6 Å². The van der Waals surface area contributed by atoms with Crippen LogP contribution in [-0.4, -0.2) is 56.5 Å². The molecule has 2 aliphatic rings. The molecule has 0 aliphatic carbocycles. The Kier molecular flexibility index (Phi) is 5.72. The van der Waals surface area contributed by atoms with Crippen molar-refractivity contribution in [1.82, 2.24) is 19.4 Å². The molecule has 0 saturated carbocycles. The average Bonchev–Trinajstić information content (AvgIpc) is 3.06. The van der Waals surface area contributed by atoms with Crippen molar-refractivity contribution in [2.45, 2.75) is 77.5 Å². The van der Waals surface area contributed by atoms with E-state index in [2.05, 4.69) is 23.7 Å². The number of piperidine rings is 1. The van der Waals surface area contributed by atoms with Gasteiger partial charge in [-0.3, -0.25) is 19.1 Å². The first kappa shape index (κ1) is 20.1. The van der Waals surface area contributed by atoms with Crippen LogP contribution in [0, 0.1) is 6.92 Å². The molecule has 6 nitrogen and oxygen atoms in total. The molecule has 2 saturated heterocycles. The van der Waals surface area contributed by atoms with Gasteiger partial charge in [-0.25, -0.2) is 4.98 Å². The Balaban J connectivity index is 1.43. The van der Waals surface area contributed by atoms with Crippen molar-refractivity contribution < 1.29 is 4.79 Å². The minimum absolute atomic E-state index is 0.0582. The van der Waals surface area contributed by atoms with E-state index in [-0.39, 0.29) is 11.5 Å². The number of nitrogens with zero attached hydrogens (tertiary/aromatic N) is 4. The maximum absolute atomic E-state index is 13.0. The average molecular weight is 397 g/mol. The van der Waals surface area contributed by atoms with Crippen LogP contribution in [0.1, 0.15) is 51.8 Å². The summed E-state index contributed by atoms with van der Waals surface area (Å²) < 4.78 is 1.65. The summed E-state index contributed by atoms with van der Waals surface area (Å²) in [5.41, 5.74) is 0.655. The second-order valence-corrected chi connectivity index (χ2v) is 8.74. The van der Waals surface area contributed by atoms with Crippen molar-refractivity contribution in [3.63, 3.8) is 0 Å². The van der Waals surface area contributed by atoms with E-state index in [1.807, 2.05) is 30.0 Å². The van der Waals surface area contributed by atoms with Gasteiger partial charge < -0.3 is 4.90 Å². The fraction of sp³-hybridized carbons (Fsp3) is 0.609. The first-order chi connectivity index (χ1) is 14.0. The molecule has 0 bridgehead atoms. The molecule has 0 N–H and O–H groups in total. The normalized spacial score (nSPS) is 25.6. The second kappa shape index (κ2) is 8.27. The summed E-state index contributed by atoms with van der Waals surface area (Å²) in [6.45, 7) is 8.50. The number of para-hydroxylation sites is 1. The molecule has 29 heavy (non-hydrogen) atoms. The highest BCUT2D eigenvalue weighted by atomic mass is 16.2. The molecule has 156 valence electrons. The molecule has 1 aromatic heterocycles. The molecule has 0 unspecified atom stereocenters. The number of hydrogen-bond acceptors (Lipinski definition) is 4. The standard InChI is InChI=1S/C23H32N4O2/c1-16-10-11-17(2)27(16)19-7-6-13-25(15-19)22(28)12-14-26-18(3)24-21-9-5-4-8-20(21)23(26)29/h4-5,8-9,16-17,19H,6-7,10-15H2,1-3H3/t16-,17-,19-/m0/s1. The molecule has 1 amide bonds. The summed E-state index contributed by atoms with van der Waals surface area (Å²) in [6, 6.07) is 9.07. The van der Waals surface area contributed by atoms with Crippen LogP contribution in [0.4, 0.5) is 0 Å². The fourth-order valence-electron chi connectivity index (χ4n) is 5.27. The smallest absolute Gasteiger partial charge is 0.261 e. The lowest BCUT2D eigenvalue weighted by atomic mass is 10.0. The van der Waals surface area contributed by atoms with Crippen molar-refractivity contribution >= 4 is 16.8 Å². The van der Waals surface area contributed by atoms with E-state index in [0.29, 0.717) is 47.8 Å². The Bertz CT molecular complexity index is 944. The third kappa shape index (κ3) is 3.95. The van der Waals surface area contributed by atoms with Crippen LogP contribution >= 0.6 is 0 Å². The molecule has 6 heteroatoms. The van der Waals surface area contributed by atoms with Crippen LogP contribution in [0.3, 0.4) is 0 Å². The van der Waals surface area contributed by atoms with Gasteiger partial charge >= 0.3 is 0 Å². The summed E-state index contributed by atoms with van der Waals surface area (Å²) in [5, 5.41) is 0.612. The van der Waals surface area contributed by atoms with Crippen molar-refractivity contribution in [3.05, 3.63) is 40.4 Å². The number of amides is 1. The number of aryl methyl sites for hydroxylation is 1. The Morgan fingerprint density at radius 2 is 1.86 bits per heavy atom. The molecular formula is C23H32N4O2. The van der Waals surface area contributed by atoms with Crippen LogP contribution in [0.15, 0.2) is 29.1 Å². The molecule has 0 radical (unpaired) electrons. The van der Waals surface area contributed by atoms with Crippen LogP contribution < -0.4 is 5.56 Å². The highest BCUT2D eigenvalue weighted by Gasteiger charge is 2.36. The summed E-state index contributed by atoms with van der Waals surface area (Å²) in [5.74, 6) is 0.811. The number of likely N-dealkylation sites (tertiary alicyclic amines) is 2. The third-order valence-electron chi connectivity index (χ3n) is 6.79. The van der Waals surface area contributed by atoms with Crippen molar-refractivity contribution in [1.29, 1.82) is 0 Å². The van der Waals surface area contributed by atoms with E-state index in [1.165, 1.54) is 19.3 Å². The quantitative estimate of drug-likeness (QED) is 0.797. The monoisotopic (exact) mass is 396 g/mol. The number of rotatable bonds is 4. The van der Waals surface area contributed by atoms with Gasteiger partial charge in [-0.2, -0.15) is 0 Å². The third-order valence-corrected chi connectivity index (χ3v) is 6.79. The van der Waals surface area contributed by atoms with E-state index in [0.717, 1.165) is 19.5 Å².